The predicted octanol–water partition coefficient (Wildman–Crippen LogP) is 4.60. The highest BCUT2D eigenvalue weighted by molar-refractivity contribution is 5.79. The van der Waals surface area contributed by atoms with E-state index in [1.807, 2.05) is 6.92 Å². The average Bonchev–Trinajstić information content (AvgIpc) is 2.85. The lowest BCUT2D eigenvalue weighted by Crippen LogP contribution is -2.54. The number of fused-ring (bicyclic) bond motifs is 5. The Balaban J connectivity index is 1.61. The van der Waals surface area contributed by atoms with E-state index in [-0.39, 0.29) is 11.5 Å². The summed E-state index contributed by atoms with van der Waals surface area (Å²) < 4.78 is 0. The molecule has 0 bridgehead atoms. The number of ketones is 1. The molecular weight excluding hydrogens is 284 g/mol. The Labute approximate surface area is 141 Å². The molecule has 1 N–H and O–H groups in total. The van der Waals surface area contributed by atoms with Crippen molar-refractivity contribution >= 4 is 5.78 Å². The van der Waals surface area contributed by atoms with Crippen molar-refractivity contribution in [3.63, 3.8) is 0 Å². The van der Waals surface area contributed by atoms with E-state index in [0.29, 0.717) is 17.1 Å². The number of hydrogen-bond acceptors (Lipinski definition) is 2. The molecule has 2 nitrogen and oxygen atoms in total. The van der Waals surface area contributed by atoms with Crippen LogP contribution in [0.15, 0.2) is 0 Å². The minimum atomic E-state index is -0.0490. The molecule has 0 heterocycles. The van der Waals surface area contributed by atoms with Crippen LogP contribution < -0.4 is 0 Å². The first kappa shape index (κ1) is 16.1. The van der Waals surface area contributed by atoms with Gasteiger partial charge in [-0.1, -0.05) is 13.8 Å². The molecule has 8 atom stereocenters. The largest absolute Gasteiger partial charge is 0.393 e. The van der Waals surface area contributed by atoms with Gasteiger partial charge in [-0.3, -0.25) is 4.79 Å². The van der Waals surface area contributed by atoms with Gasteiger partial charge in [-0.05, 0) is 99.2 Å². The summed E-state index contributed by atoms with van der Waals surface area (Å²) in [5, 5.41) is 10.1. The molecule has 4 fully saturated rings. The summed E-state index contributed by atoms with van der Waals surface area (Å²) in [5.41, 5.74) is 0.738. The molecule has 4 aliphatic carbocycles. The molecule has 0 unspecified atom stereocenters. The maximum Gasteiger partial charge on any atom is 0.133 e. The van der Waals surface area contributed by atoms with E-state index >= 15 is 0 Å². The van der Waals surface area contributed by atoms with Crippen molar-refractivity contribution in [3.05, 3.63) is 0 Å². The molecule has 2 heteroatoms. The molecule has 4 rings (SSSR count). The van der Waals surface area contributed by atoms with Crippen LogP contribution in [0.3, 0.4) is 0 Å². The molecule has 130 valence electrons. The third-order valence-electron chi connectivity index (χ3n) is 9.13. The van der Waals surface area contributed by atoms with Gasteiger partial charge >= 0.3 is 0 Å². The number of aliphatic hydroxyl groups is 1. The van der Waals surface area contributed by atoms with Crippen LogP contribution in [0, 0.1) is 40.4 Å². The summed E-state index contributed by atoms with van der Waals surface area (Å²) in [7, 11) is 0. The highest BCUT2D eigenvalue weighted by Crippen LogP contribution is 2.67. The monoisotopic (exact) mass is 318 g/mol. The summed E-state index contributed by atoms with van der Waals surface area (Å²) in [6, 6.07) is 0. The molecule has 23 heavy (non-hydrogen) atoms. The first-order valence-corrected chi connectivity index (χ1v) is 10.0. The molecule has 0 aromatic carbocycles. The van der Waals surface area contributed by atoms with Crippen LogP contribution in [-0.2, 0) is 4.79 Å². The Morgan fingerprint density at radius 1 is 0.913 bits per heavy atom. The fourth-order valence-electron chi connectivity index (χ4n) is 7.90. The minimum Gasteiger partial charge on any atom is -0.393 e. The second kappa shape index (κ2) is 5.31. The van der Waals surface area contributed by atoms with Crippen molar-refractivity contribution in [3.8, 4) is 0 Å². The molecule has 0 spiro atoms. The van der Waals surface area contributed by atoms with E-state index in [1.54, 1.807) is 0 Å². The highest BCUT2D eigenvalue weighted by Gasteiger charge is 2.60. The summed E-state index contributed by atoms with van der Waals surface area (Å²) in [6.45, 7) is 6.80. The van der Waals surface area contributed by atoms with Crippen molar-refractivity contribution < 1.29 is 9.90 Å². The predicted molar refractivity (Wildman–Crippen MR) is 91.9 cm³/mol. The summed E-state index contributed by atoms with van der Waals surface area (Å²) in [5.74, 6) is 3.97. The maximum absolute atomic E-state index is 12.2. The van der Waals surface area contributed by atoms with Crippen molar-refractivity contribution in [2.45, 2.75) is 84.7 Å². The van der Waals surface area contributed by atoms with E-state index < -0.39 is 0 Å². The van der Waals surface area contributed by atoms with Crippen LogP contribution in [-0.4, -0.2) is 17.0 Å². The van der Waals surface area contributed by atoms with Gasteiger partial charge in [-0.15, -0.1) is 0 Å². The van der Waals surface area contributed by atoms with Crippen LogP contribution in [0.2, 0.25) is 0 Å². The average molecular weight is 319 g/mol. The Kier molecular flexibility index (Phi) is 3.72. The number of hydrogen-bond donors (Lipinski definition) is 1. The molecule has 0 aromatic heterocycles. The Morgan fingerprint density at radius 3 is 2.35 bits per heavy atom. The zero-order valence-electron chi connectivity index (χ0n) is 15.2. The fraction of sp³-hybridized carbons (Fsp3) is 0.952. The first-order chi connectivity index (χ1) is 10.9. The van der Waals surface area contributed by atoms with E-state index in [2.05, 4.69) is 13.8 Å². The Hall–Kier alpha value is -0.370. The van der Waals surface area contributed by atoms with Gasteiger partial charge in [0.05, 0.1) is 6.10 Å². The lowest BCUT2D eigenvalue weighted by Gasteiger charge is -2.60. The Bertz CT molecular complexity index is 500. The second-order valence-corrected chi connectivity index (χ2v) is 9.87. The molecule has 4 aliphatic rings. The highest BCUT2D eigenvalue weighted by atomic mass is 16.3. The fourth-order valence-corrected chi connectivity index (χ4v) is 7.90. The van der Waals surface area contributed by atoms with Gasteiger partial charge in [0, 0.05) is 5.92 Å². The third kappa shape index (κ3) is 2.19. The lowest BCUT2D eigenvalue weighted by atomic mass is 9.44. The molecule has 4 saturated carbocycles. The van der Waals surface area contributed by atoms with Gasteiger partial charge < -0.3 is 5.11 Å². The lowest BCUT2D eigenvalue weighted by molar-refractivity contribution is -0.138. The summed E-state index contributed by atoms with van der Waals surface area (Å²) in [4.78, 5) is 12.2. The summed E-state index contributed by atoms with van der Waals surface area (Å²) >= 11 is 0. The van der Waals surface area contributed by atoms with Gasteiger partial charge in [0.25, 0.3) is 0 Å². The van der Waals surface area contributed by atoms with E-state index in [1.165, 1.54) is 38.5 Å². The van der Waals surface area contributed by atoms with Crippen molar-refractivity contribution in [2.24, 2.45) is 40.4 Å². The smallest absolute Gasteiger partial charge is 0.133 e. The second-order valence-electron chi connectivity index (χ2n) is 9.87. The van der Waals surface area contributed by atoms with Crippen LogP contribution in [0.25, 0.3) is 0 Å². The molecule has 0 saturated heterocycles. The quantitative estimate of drug-likeness (QED) is 0.767. The standard InChI is InChI=1S/C21H34O2/c1-13(22)17-6-7-18-16-5-4-14-12-15(23)8-10-20(14,2)19(16)9-11-21(17,18)3/h14-19,23H,4-12H2,1-3H3/t14-,15-,16-,17+,18-,19+,20+,21+/m0/s1. The zero-order valence-corrected chi connectivity index (χ0v) is 15.2. The normalized spacial score (nSPS) is 55.7. The van der Waals surface area contributed by atoms with Crippen LogP contribution >= 0.6 is 0 Å². The van der Waals surface area contributed by atoms with Crippen molar-refractivity contribution in [1.82, 2.24) is 0 Å². The van der Waals surface area contributed by atoms with Crippen LogP contribution in [0.5, 0.6) is 0 Å². The minimum absolute atomic E-state index is 0.0490. The van der Waals surface area contributed by atoms with Crippen molar-refractivity contribution in [2.75, 3.05) is 0 Å². The van der Waals surface area contributed by atoms with Gasteiger partial charge in [0.1, 0.15) is 5.78 Å². The van der Waals surface area contributed by atoms with E-state index in [4.69, 9.17) is 0 Å². The summed E-state index contributed by atoms with van der Waals surface area (Å²) in [6.07, 6.45) is 10.9. The molecule has 0 radical (unpaired) electrons. The topological polar surface area (TPSA) is 37.3 Å². The van der Waals surface area contributed by atoms with Gasteiger partial charge in [-0.25, -0.2) is 0 Å². The van der Waals surface area contributed by atoms with Crippen molar-refractivity contribution in [1.29, 1.82) is 0 Å². The SMILES string of the molecule is CC(=O)[C@H]1CC[C@H]2[C@@H]3CC[C@H]4C[C@@H](O)CC[C@@]4(C)[C@@H]3CC[C@]12C. The van der Waals surface area contributed by atoms with Crippen LogP contribution in [0.1, 0.15) is 78.6 Å². The molecule has 0 aromatic rings. The number of rotatable bonds is 1. The molecule has 0 aliphatic heterocycles. The molecule has 0 amide bonds. The van der Waals surface area contributed by atoms with Gasteiger partial charge in [0.15, 0.2) is 0 Å². The third-order valence-corrected chi connectivity index (χ3v) is 9.13. The van der Waals surface area contributed by atoms with E-state index in [9.17, 15) is 9.90 Å². The number of aliphatic hydroxyl groups excluding tert-OH is 1. The van der Waals surface area contributed by atoms with E-state index in [0.717, 1.165) is 42.9 Å². The first-order valence-electron chi connectivity index (χ1n) is 10.0. The number of carbonyl (C=O) groups is 1. The number of Topliss-reactive ketones (excluding diaryl/α,β-unsaturated/α-hetero) is 1. The molecular formula is C21H34O2. The maximum atomic E-state index is 12.2. The van der Waals surface area contributed by atoms with Gasteiger partial charge in [0.2, 0.25) is 0 Å². The zero-order chi connectivity index (χ0) is 16.4. The number of carbonyl (C=O) groups excluding carboxylic acids is 1. The van der Waals surface area contributed by atoms with Crippen LogP contribution in [0.4, 0.5) is 0 Å². The van der Waals surface area contributed by atoms with Gasteiger partial charge in [-0.2, -0.15) is 0 Å². The Morgan fingerprint density at radius 2 is 1.61 bits per heavy atom.